The van der Waals surface area contributed by atoms with Crippen LogP contribution in [0.25, 0.3) is 10.9 Å². The molecule has 3 aromatic rings. The molecular formula is C19H17NO2S. The molecule has 0 amide bonds. The van der Waals surface area contributed by atoms with Crippen molar-refractivity contribution in [2.24, 2.45) is 0 Å². The van der Waals surface area contributed by atoms with Crippen molar-refractivity contribution in [3.63, 3.8) is 0 Å². The molecule has 0 saturated heterocycles. The first-order valence-corrected chi connectivity index (χ1v) is 8.51. The van der Waals surface area contributed by atoms with Crippen LogP contribution in [0.4, 0.5) is 0 Å². The number of carbonyl (C=O) groups excluding carboxylic acids is 1. The van der Waals surface area contributed by atoms with Crippen LogP contribution >= 0.6 is 11.8 Å². The van der Waals surface area contributed by atoms with Gasteiger partial charge in [-0.15, -0.1) is 0 Å². The van der Waals surface area contributed by atoms with Gasteiger partial charge >= 0.3 is 5.97 Å². The summed E-state index contributed by atoms with van der Waals surface area (Å²) < 4.78 is 4.70. The number of methoxy groups -OCH3 is 1. The van der Waals surface area contributed by atoms with Crippen molar-refractivity contribution in [2.45, 2.75) is 11.5 Å². The second kappa shape index (κ2) is 7.29. The number of esters is 1. The number of hydrogen-bond donors (Lipinski definition) is 0. The van der Waals surface area contributed by atoms with E-state index in [0.29, 0.717) is 5.56 Å². The number of benzene rings is 2. The second-order valence-electron chi connectivity index (χ2n) is 5.18. The molecular weight excluding hydrogens is 306 g/mol. The maximum atomic E-state index is 11.4. The molecule has 1 heterocycles. The Hall–Kier alpha value is -2.33. The number of pyridine rings is 1. The smallest absolute Gasteiger partial charge is 0.337 e. The Morgan fingerprint density at radius 3 is 2.57 bits per heavy atom. The summed E-state index contributed by atoms with van der Waals surface area (Å²) in [6, 6.07) is 19.9. The summed E-state index contributed by atoms with van der Waals surface area (Å²) in [5.41, 5.74) is 3.88. The minimum Gasteiger partial charge on any atom is -0.465 e. The lowest BCUT2D eigenvalue weighted by Gasteiger charge is -2.05. The molecule has 0 fully saturated rings. The van der Waals surface area contributed by atoms with E-state index in [-0.39, 0.29) is 5.97 Å². The van der Waals surface area contributed by atoms with Gasteiger partial charge in [0.25, 0.3) is 0 Å². The van der Waals surface area contributed by atoms with Gasteiger partial charge in [0.05, 0.1) is 23.9 Å². The van der Waals surface area contributed by atoms with Gasteiger partial charge in [0.2, 0.25) is 0 Å². The van der Waals surface area contributed by atoms with Gasteiger partial charge in [-0.2, -0.15) is 11.8 Å². The van der Waals surface area contributed by atoms with Gasteiger partial charge in [-0.05, 0) is 29.8 Å². The van der Waals surface area contributed by atoms with Crippen LogP contribution in [-0.2, 0) is 16.2 Å². The van der Waals surface area contributed by atoms with Gasteiger partial charge in [-0.1, -0.05) is 36.4 Å². The van der Waals surface area contributed by atoms with Crippen molar-refractivity contribution < 1.29 is 9.53 Å². The molecule has 0 unspecified atom stereocenters. The number of carbonyl (C=O) groups is 1. The van der Waals surface area contributed by atoms with Crippen LogP contribution in [0.15, 0.2) is 60.7 Å². The molecule has 1 aromatic heterocycles. The molecule has 4 heteroatoms. The first-order valence-electron chi connectivity index (χ1n) is 7.36. The number of fused-ring (bicyclic) bond motifs is 1. The van der Waals surface area contributed by atoms with Crippen LogP contribution in [0.3, 0.4) is 0 Å². The van der Waals surface area contributed by atoms with Crippen LogP contribution in [0.5, 0.6) is 0 Å². The van der Waals surface area contributed by atoms with Crippen LogP contribution in [-0.4, -0.2) is 18.1 Å². The number of nitrogens with zero attached hydrogens (tertiary/aromatic N) is 1. The highest BCUT2D eigenvalue weighted by molar-refractivity contribution is 7.97. The number of para-hydroxylation sites is 1. The number of rotatable bonds is 5. The fourth-order valence-electron chi connectivity index (χ4n) is 2.32. The highest BCUT2D eigenvalue weighted by atomic mass is 32.2. The Labute approximate surface area is 139 Å². The highest BCUT2D eigenvalue weighted by Gasteiger charge is 2.04. The summed E-state index contributed by atoms with van der Waals surface area (Å²) in [6.45, 7) is 0. The molecule has 0 aliphatic heterocycles. The first-order chi connectivity index (χ1) is 11.3. The third-order valence-electron chi connectivity index (χ3n) is 3.55. The van der Waals surface area contributed by atoms with Crippen LogP contribution < -0.4 is 0 Å². The fraction of sp³-hybridized carbons (Fsp3) is 0.158. The zero-order chi connectivity index (χ0) is 16.1. The van der Waals surface area contributed by atoms with Crippen LogP contribution in [0.1, 0.15) is 21.6 Å². The van der Waals surface area contributed by atoms with E-state index in [1.54, 1.807) is 12.1 Å². The number of thioether (sulfide) groups is 1. The predicted octanol–water partition coefficient (Wildman–Crippen LogP) is 4.45. The topological polar surface area (TPSA) is 39.2 Å². The van der Waals surface area contributed by atoms with Crippen molar-refractivity contribution in [3.05, 3.63) is 77.5 Å². The average Bonchev–Trinajstić information content (AvgIpc) is 2.61. The van der Waals surface area contributed by atoms with Crippen molar-refractivity contribution in [1.82, 2.24) is 4.98 Å². The van der Waals surface area contributed by atoms with Crippen LogP contribution in [0.2, 0.25) is 0 Å². The zero-order valence-corrected chi connectivity index (χ0v) is 13.7. The lowest BCUT2D eigenvalue weighted by atomic mass is 10.1. The highest BCUT2D eigenvalue weighted by Crippen LogP contribution is 2.19. The lowest BCUT2D eigenvalue weighted by Crippen LogP contribution is -2.00. The van der Waals surface area contributed by atoms with Crippen LogP contribution in [0, 0.1) is 0 Å². The molecule has 2 aromatic carbocycles. The largest absolute Gasteiger partial charge is 0.465 e. The molecule has 0 aliphatic rings. The summed E-state index contributed by atoms with van der Waals surface area (Å²) in [7, 11) is 1.39. The molecule has 0 spiro atoms. The second-order valence-corrected chi connectivity index (χ2v) is 6.16. The van der Waals surface area contributed by atoms with E-state index in [1.165, 1.54) is 18.1 Å². The minimum absolute atomic E-state index is 0.301. The third kappa shape index (κ3) is 3.90. The summed E-state index contributed by atoms with van der Waals surface area (Å²) in [6.07, 6.45) is 0. The normalized spacial score (nSPS) is 10.7. The number of ether oxygens (including phenoxy) is 1. The van der Waals surface area contributed by atoms with Gasteiger partial charge in [0.15, 0.2) is 0 Å². The zero-order valence-electron chi connectivity index (χ0n) is 12.9. The maximum Gasteiger partial charge on any atom is 0.337 e. The summed E-state index contributed by atoms with van der Waals surface area (Å²) in [4.78, 5) is 16.1. The maximum absolute atomic E-state index is 11.4. The fourth-order valence-corrected chi connectivity index (χ4v) is 3.22. The van der Waals surface area contributed by atoms with E-state index < -0.39 is 0 Å². The Kier molecular flexibility index (Phi) is 4.93. The molecule has 0 atom stereocenters. The quantitative estimate of drug-likeness (QED) is 0.650. The summed E-state index contributed by atoms with van der Waals surface area (Å²) in [5.74, 6) is 1.45. The van der Waals surface area contributed by atoms with E-state index in [1.807, 2.05) is 42.1 Å². The van der Waals surface area contributed by atoms with Crippen molar-refractivity contribution in [2.75, 3.05) is 7.11 Å². The molecule has 0 aliphatic carbocycles. The van der Waals surface area contributed by atoms with Crippen molar-refractivity contribution >= 4 is 28.6 Å². The molecule has 0 radical (unpaired) electrons. The average molecular weight is 323 g/mol. The van der Waals surface area contributed by atoms with E-state index in [0.717, 1.165) is 22.7 Å². The van der Waals surface area contributed by atoms with Gasteiger partial charge in [0, 0.05) is 16.9 Å². The Morgan fingerprint density at radius 2 is 1.78 bits per heavy atom. The first kappa shape index (κ1) is 15.6. The Bertz CT molecular complexity index is 815. The van der Waals surface area contributed by atoms with Crippen molar-refractivity contribution in [3.8, 4) is 0 Å². The molecule has 116 valence electrons. The van der Waals surface area contributed by atoms with E-state index in [9.17, 15) is 4.79 Å². The predicted molar refractivity (Wildman–Crippen MR) is 94.5 cm³/mol. The van der Waals surface area contributed by atoms with Gasteiger partial charge in [-0.25, -0.2) is 4.79 Å². The molecule has 0 bridgehead atoms. The molecule has 23 heavy (non-hydrogen) atoms. The number of hydrogen-bond acceptors (Lipinski definition) is 4. The molecule has 3 rings (SSSR count). The van der Waals surface area contributed by atoms with Crippen molar-refractivity contribution in [1.29, 1.82) is 0 Å². The van der Waals surface area contributed by atoms with E-state index >= 15 is 0 Å². The van der Waals surface area contributed by atoms with E-state index in [4.69, 9.17) is 4.74 Å². The molecule has 0 saturated carbocycles. The molecule has 3 nitrogen and oxygen atoms in total. The summed E-state index contributed by atoms with van der Waals surface area (Å²) >= 11 is 1.81. The Morgan fingerprint density at radius 1 is 1.00 bits per heavy atom. The lowest BCUT2D eigenvalue weighted by molar-refractivity contribution is 0.0600. The summed E-state index contributed by atoms with van der Waals surface area (Å²) in [5, 5.41) is 1.17. The number of aromatic nitrogens is 1. The monoisotopic (exact) mass is 323 g/mol. The standard InChI is InChI=1S/C19H17NO2S/c1-22-19(21)16-8-6-14(7-9-16)12-23-13-17-11-10-15-4-2-3-5-18(15)20-17/h2-11H,12-13H2,1H3. The Balaban J connectivity index is 1.58. The molecule has 0 N–H and O–H groups in total. The SMILES string of the molecule is COC(=O)c1ccc(CSCc2ccc3ccccc3n2)cc1. The van der Waals surface area contributed by atoms with Gasteiger partial charge in [-0.3, -0.25) is 4.98 Å². The minimum atomic E-state index is -0.301. The van der Waals surface area contributed by atoms with Gasteiger partial charge in [0.1, 0.15) is 0 Å². The van der Waals surface area contributed by atoms with Gasteiger partial charge < -0.3 is 4.74 Å². The third-order valence-corrected chi connectivity index (χ3v) is 4.59. The van der Waals surface area contributed by atoms with E-state index in [2.05, 4.69) is 23.2 Å².